The van der Waals surface area contributed by atoms with Crippen LogP contribution in [0.5, 0.6) is 0 Å². The first-order chi connectivity index (χ1) is 19.3. The number of halogens is 2. The van der Waals surface area contributed by atoms with Gasteiger partial charge in [-0.25, -0.2) is 31.4 Å². The predicted molar refractivity (Wildman–Crippen MR) is 143 cm³/mol. The van der Waals surface area contributed by atoms with Crippen LogP contribution in [-0.2, 0) is 14.8 Å². The van der Waals surface area contributed by atoms with E-state index >= 15 is 0 Å². The number of anilines is 1. The highest BCUT2D eigenvalue weighted by atomic mass is 32.2. The molecule has 0 spiro atoms. The van der Waals surface area contributed by atoms with Crippen LogP contribution in [0.1, 0.15) is 54.5 Å². The summed E-state index contributed by atoms with van der Waals surface area (Å²) in [6.07, 6.45) is -1.02. The van der Waals surface area contributed by atoms with E-state index in [9.17, 15) is 31.6 Å². The van der Waals surface area contributed by atoms with Gasteiger partial charge in [-0.05, 0) is 62.7 Å². The van der Waals surface area contributed by atoms with E-state index in [4.69, 9.17) is 4.74 Å². The van der Waals surface area contributed by atoms with Gasteiger partial charge in [-0.2, -0.15) is 5.10 Å². The lowest BCUT2D eigenvalue weighted by Crippen LogP contribution is -2.50. The largest absolute Gasteiger partial charge is 0.443 e. The molecule has 13 heteroatoms. The minimum atomic E-state index is -4.52. The number of benzene rings is 3. The topological polar surface area (TPSA) is 130 Å². The van der Waals surface area contributed by atoms with E-state index in [0.717, 1.165) is 29.2 Å². The highest BCUT2D eigenvalue weighted by molar-refractivity contribution is 7.90. The molecular weight excluding hydrogens is 558 g/mol. The van der Waals surface area contributed by atoms with Crippen molar-refractivity contribution in [2.24, 2.45) is 0 Å². The molecule has 3 heterocycles. The lowest BCUT2D eigenvalue weighted by molar-refractivity contribution is 0.0535. The third kappa shape index (κ3) is 4.06. The molecule has 2 atom stereocenters. The SMILES string of the molecule is CC(C)(C)OC(=O)N1c2cc(F)cc3c(=O)[nH]nc(c23)C(N2C(=O)c3ccccc3S2(=O)=O)C1c1ccc(F)cc1. The van der Waals surface area contributed by atoms with Gasteiger partial charge in [0.05, 0.1) is 28.4 Å². The summed E-state index contributed by atoms with van der Waals surface area (Å²) in [5.74, 6) is -2.37. The summed E-state index contributed by atoms with van der Waals surface area (Å²) in [7, 11) is -4.52. The maximum absolute atomic E-state index is 15.0. The number of carbonyl (C=O) groups is 2. The maximum atomic E-state index is 15.0. The Hall–Kier alpha value is -4.65. The summed E-state index contributed by atoms with van der Waals surface area (Å²) < 4.78 is 63.1. The standard InChI is InChI=1S/C28H22F2N4O6S/c1-28(2,3)40-27(37)33-19-13-16(30)12-18-21(19)22(31-32-25(18)35)24(23(33)14-8-10-15(29)11-9-14)34-26(36)17-6-4-5-7-20(17)41(34,38)39/h4-13,23-24H,1-3H3,(H,32,35). The van der Waals surface area contributed by atoms with Gasteiger partial charge >= 0.3 is 6.09 Å². The Bertz CT molecular complexity index is 1940. The molecule has 0 radical (unpaired) electrons. The summed E-state index contributed by atoms with van der Waals surface area (Å²) in [5.41, 5.74) is -1.99. The molecule has 1 aromatic heterocycles. The Morgan fingerprint density at radius 1 is 0.976 bits per heavy atom. The molecule has 0 saturated carbocycles. The number of aromatic nitrogens is 2. The molecule has 10 nitrogen and oxygen atoms in total. The lowest BCUT2D eigenvalue weighted by atomic mass is 9.87. The van der Waals surface area contributed by atoms with Gasteiger partial charge in [-0.1, -0.05) is 24.3 Å². The second-order valence-electron chi connectivity index (χ2n) is 10.7. The van der Waals surface area contributed by atoms with Crippen molar-refractivity contribution in [3.05, 3.63) is 99.5 Å². The number of hydrogen-bond acceptors (Lipinski definition) is 7. The van der Waals surface area contributed by atoms with Gasteiger partial charge in [0.2, 0.25) is 0 Å². The van der Waals surface area contributed by atoms with Crippen LogP contribution in [0.25, 0.3) is 10.8 Å². The summed E-state index contributed by atoms with van der Waals surface area (Å²) in [4.78, 5) is 41.2. The number of aromatic amines is 1. The fraction of sp³-hybridized carbons (Fsp3) is 0.214. The minimum absolute atomic E-state index is 0.0386. The van der Waals surface area contributed by atoms with Crippen LogP contribution in [0.4, 0.5) is 19.3 Å². The minimum Gasteiger partial charge on any atom is -0.443 e. The van der Waals surface area contributed by atoms with Gasteiger partial charge in [0.1, 0.15) is 28.2 Å². The third-order valence-corrected chi connectivity index (χ3v) is 8.71. The number of H-pyrrole nitrogens is 1. The van der Waals surface area contributed by atoms with E-state index in [1.54, 1.807) is 20.8 Å². The maximum Gasteiger partial charge on any atom is 0.415 e. The molecular formula is C28H22F2N4O6S. The first-order valence-corrected chi connectivity index (χ1v) is 13.9. The number of nitrogens with one attached hydrogen (secondary N) is 1. The van der Waals surface area contributed by atoms with E-state index in [1.165, 1.54) is 36.4 Å². The summed E-state index contributed by atoms with van der Waals surface area (Å²) in [5, 5.41) is 6.15. The van der Waals surface area contributed by atoms with Crippen LogP contribution in [0.15, 0.2) is 70.4 Å². The Balaban J connectivity index is 1.73. The fourth-order valence-corrected chi connectivity index (χ4v) is 7.07. The van der Waals surface area contributed by atoms with Crippen molar-refractivity contribution < 1.29 is 31.5 Å². The molecule has 3 aromatic carbocycles. The van der Waals surface area contributed by atoms with Crippen molar-refractivity contribution in [2.75, 3.05) is 4.90 Å². The molecule has 2 aliphatic heterocycles. The zero-order valence-corrected chi connectivity index (χ0v) is 22.7. The first kappa shape index (κ1) is 26.6. The van der Waals surface area contributed by atoms with Crippen molar-refractivity contribution in [2.45, 2.75) is 43.4 Å². The number of carbonyl (C=O) groups excluding carboxylic acids is 2. The summed E-state index contributed by atoms with van der Waals surface area (Å²) >= 11 is 0. The van der Waals surface area contributed by atoms with Crippen LogP contribution in [0.2, 0.25) is 0 Å². The Kier molecular flexibility index (Phi) is 5.79. The van der Waals surface area contributed by atoms with E-state index in [1.807, 2.05) is 0 Å². The van der Waals surface area contributed by atoms with Gasteiger partial charge in [0.25, 0.3) is 21.5 Å². The Labute approximate surface area is 232 Å². The van der Waals surface area contributed by atoms with Crippen LogP contribution in [0.3, 0.4) is 0 Å². The number of ether oxygens (including phenoxy) is 1. The van der Waals surface area contributed by atoms with Crippen molar-refractivity contribution in [3.63, 3.8) is 0 Å². The number of nitrogens with zero attached hydrogens (tertiary/aromatic N) is 3. The number of rotatable bonds is 2. The highest BCUT2D eigenvalue weighted by Gasteiger charge is 2.54. The van der Waals surface area contributed by atoms with Crippen LogP contribution < -0.4 is 10.5 Å². The molecule has 2 aliphatic rings. The molecule has 0 bridgehead atoms. The third-order valence-electron chi connectivity index (χ3n) is 6.89. The molecule has 6 rings (SSSR count). The molecule has 0 saturated heterocycles. The first-order valence-electron chi connectivity index (χ1n) is 12.5. The smallest absolute Gasteiger partial charge is 0.415 e. The number of fused-ring (bicyclic) bond motifs is 1. The van der Waals surface area contributed by atoms with Gasteiger partial charge in [0.15, 0.2) is 0 Å². The predicted octanol–water partition coefficient (Wildman–Crippen LogP) is 4.58. The van der Waals surface area contributed by atoms with E-state index in [-0.39, 0.29) is 38.2 Å². The fourth-order valence-electron chi connectivity index (χ4n) is 5.34. The van der Waals surface area contributed by atoms with E-state index in [0.29, 0.717) is 4.31 Å². The van der Waals surface area contributed by atoms with Gasteiger partial charge in [0, 0.05) is 5.39 Å². The van der Waals surface area contributed by atoms with Crippen LogP contribution >= 0.6 is 0 Å². The van der Waals surface area contributed by atoms with Crippen LogP contribution in [0, 0.1) is 11.6 Å². The zero-order valence-electron chi connectivity index (χ0n) is 21.9. The van der Waals surface area contributed by atoms with Crippen molar-refractivity contribution in [1.82, 2.24) is 14.5 Å². The molecule has 2 unspecified atom stereocenters. The monoisotopic (exact) mass is 580 g/mol. The van der Waals surface area contributed by atoms with E-state index in [2.05, 4.69) is 10.2 Å². The number of sulfonamides is 1. The van der Waals surface area contributed by atoms with E-state index < -0.39 is 56.9 Å². The van der Waals surface area contributed by atoms with Crippen LogP contribution in [-0.4, -0.2) is 40.5 Å². The van der Waals surface area contributed by atoms with Gasteiger partial charge < -0.3 is 4.74 Å². The summed E-state index contributed by atoms with van der Waals surface area (Å²) in [6.45, 7) is 4.81. The highest BCUT2D eigenvalue weighted by Crippen LogP contribution is 2.52. The molecule has 0 aliphatic carbocycles. The Morgan fingerprint density at radius 3 is 2.32 bits per heavy atom. The normalized spacial score (nSPS) is 19.4. The molecule has 0 fully saturated rings. The molecule has 1 N–H and O–H groups in total. The van der Waals surface area contributed by atoms with Crippen molar-refractivity contribution >= 4 is 38.5 Å². The zero-order chi connectivity index (χ0) is 29.4. The van der Waals surface area contributed by atoms with Crippen molar-refractivity contribution in [3.8, 4) is 0 Å². The molecule has 210 valence electrons. The average Bonchev–Trinajstić information content (AvgIpc) is 3.10. The number of hydrogen-bond donors (Lipinski definition) is 1. The second kappa shape index (κ2) is 8.93. The molecule has 2 amide bonds. The lowest BCUT2D eigenvalue weighted by Gasteiger charge is -2.44. The van der Waals surface area contributed by atoms with Gasteiger partial charge in [-0.3, -0.25) is 14.5 Å². The van der Waals surface area contributed by atoms with Gasteiger partial charge in [-0.15, -0.1) is 0 Å². The van der Waals surface area contributed by atoms with Crippen molar-refractivity contribution in [1.29, 1.82) is 0 Å². The quantitative estimate of drug-likeness (QED) is 0.367. The number of amides is 2. The Morgan fingerprint density at radius 2 is 1.66 bits per heavy atom. The second-order valence-corrected chi connectivity index (χ2v) is 12.5. The molecule has 4 aromatic rings. The average molecular weight is 581 g/mol. The summed E-state index contributed by atoms with van der Waals surface area (Å²) in [6, 6.07) is 9.40. The molecule has 41 heavy (non-hydrogen) atoms.